The highest BCUT2D eigenvalue weighted by Crippen LogP contribution is 2.31. The van der Waals surface area contributed by atoms with Crippen LogP contribution in [-0.4, -0.2) is 31.0 Å². The van der Waals surface area contributed by atoms with Gasteiger partial charge >= 0.3 is 0 Å². The van der Waals surface area contributed by atoms with Crippen molar-refractivity contribution in [3.63, 3.8) is 0 Å². The molecular formula is C21H26N2O2. The highest BCUT2D eigenvalue weighted by molar-refractivity contribution is 5.81. The van der Waals surface area contributed by atoms with Gasteiger partial charge in [0.2, 0.25) is 5.91 Å². The molecule has 2 aromatic rings. The number of benzene rings is 2. The monoisotopic (exact) mass is 338 g/mol. The van der Waals surface area contributed by atoms with Crippen molar-refractivity contribution in [2.75, 3.05) is 25.5 Å². The van der Waals surface area contributed by atoms with Crippen LogP contribution >= 0.6 is 0 Å². The lowest BCUT2D eigenvalue weighted by Crippen LogP contribution is -2.38. The van der Waals surface area contributed by atoms with E-state index in [2.05, 4.69) is 17.4 Å². The molecule has 0 aromatic heterocycles. The number of nitrogens with one attached hydrogen (secondary N) is 1. The Kier molecular flexibility index (Phi) is 5.94. The number of anilines is 1. The maximum absolute atomic E-state index is 12.9. The Labute approximate surface area is 149 Å². The van der Waals surface area contributed by atoms with E-state index in [0.717, 1.165) is 37.2 Å². The summed E-state index contributed by atoms with van der Waals surface area (Å²) in [5.74, 6) is 1.01. The predicted octanol–water partition coefficient (Wildman–Crippen LogP) is 4.25. The molecule has 1 heterocycles. The molecule has 0 aliphatic carbocycles. The van der Waals surface area contributed by atoms with Crippen molar-refractivity contribution in [1.29, 1.82) is 0 Å². The molecule has 1 atom stereocenters. The number of carbonyl (C=O) groups is 1. The summed E-state index contributed by atoms with van der Waals surface area (Å²) in [7, 11) is 1.67. The minimum Gasteiger partial charge on any atom is -0.497 e. The Morgan fingerprint density at radius 1 is 1.08 bits per heavy atom. The van der Waals surface area contributed by atoms with Crippen molar-refractivity contribution >= 4 is 11.6 Å². The number of nitrogens with zero attached hydrogens (tertiary/aromatic N) is 1. The van der Waals surface area contributed by atoms with E-state index in [4.69, 9.17) is 4.74 Å². The van der Waals surface area contributed by atoms with Crippen LogP contribution in [0.3, 0.4) is 0 Å². The summed E-state index contributed by atoms with van der Waals surface area (Å²) in [5.41, 5.74) is 2.17. The van der Waals surface area contributed by atoms with Crippen LogP contribution in [0.25, 0.3) is 0 Å². The molecule has 2 aromatic carbocycles. The molecule has 4 heteroatoms. The van der Waals surface area contributed by atoms with Gasteiger partial charge in [-0.05, 0) is 42.7 Å². The lowest BCUT2D eigenvalue weighted by atomic mass is 10.0. The number of hydrogen-bond acceptors (Lipinski definition) is 3. The predicted molar refractivity (Wildman–Crippen MR) is 101 cm³/mol. The Morgan fingerprint density at radius 3 is 2.56 bits per heavy atom. The lowest BCUT2D eigenvalue weighted by molar-refractivity contribution is -0.131. The Balaban J connectivity index is 1.71. The molecule has 0 saturated carbocycles. The minimum atomic E-state index is 0.151. The maximum Gasteiger partial charge on any atom is 0.242 e. The van der Waals surface area contributed by atoms with E-state index in [1.807, 2.05) is 47.4 Å². The number of para-hydroxylation sites is 1. The second kappa shape index (κ2) is 8.56. The van der Waals surface area contributed by atoms with Gasteiger partial charge in [0.15, 0.2) is 0 Å². The molecule has 1 fully saturated rings. The number of hydrogen-bond donors (Lipinski definition) is 1. The zero-order valence-electron chi connectivity index (χ0n) is 14.8. The molecule has 0 spiro atoms. The van der Waals surface area contributed by atoms with Crippen LogP contribution in [0.5, 0.6) is 5.75 Å². The molecule has 25 heavy (non-hydrogen) atoms. The SMILES string of the molecule is COc1ccc(C2CCCCCN2C(=O)CNc2ccccc2)cc1. The summed E-state index contributed by atoms with van der Waals surface area (Å²) >= 11 is 0. The summed E-state index contributed by atoms with van der Waals surface area (Å²) in [6.07, 6.45) is 4.43. The Hall–Kier alpha value is -2.49. The molecule has 132 valence electrons. The number of likely N-dealkylation sites (tertiary alicyclic amines) is 1. The van der Waals surface area contributed by atoms with E-state index < -0.39 is 0 Å². The molecule has 1 saturated heterocycles. The molecule has 1 aliphatic rings. The molecule has 0 bridgehead atoms. The average molecular weight is 338 g/mol. The van der Waals surface area contributed by atoms with Crippen LogP contribution in [0.1, 0.15) is 37.3 Å². The van der Waals surface area contributed by atoms with Crippen molar-refractivity contribution in [1.82, 2.24) is 4.90 Å². The van der Waals surface area contributed by atoms with E-state index in [1.165, 1.54) is 12.0 Å². The molecule has 3 rings (SSSR count). The Morgan fingerprint density at radius 2 is 1.84 bits per heavy atom. The molecule has 1 aliphatic heterocycles. The number of ether oxygens (including phenoxy) is 1. The fraction of sp³-hybridized carbons (Fsp3) is 0.381. The Bertz CT molecular complexity index is 670. The zero-order chi connectivity index (χ0) is 17.5. The number of carbonyl (C=O) groups excluding carboxylic acids is 1. The molecule has 0 radical (unpaired) electrons. The molecule has 4 nitrogen and oxygen atoms in total. The smallest absolute Gasteiger partial charge is 0.242 e. The number of methoxy groups -OCH3 is 1. The van der Waals surface area contributed by atoms with Gasteiger partial charge in [0.1, 0.15) is 5.75 Å². The van der Waals surface area contributed by atoms with Crippen molar-refractivity contribution < 1.29 is 9.53 Å². The maximum atomic E-state index is 12.9. The third kappa shape index (κ3) is 4.53. The van der Waals surface area contributed by atoms with Crippen LogP contribution in [0.15, 0.2) is 54.6 Å². The van der Waals surface area contributed by atoms with Crippen LogP contribution < -0.4 is 10.1 Å². The first-order valence-corrected chi connectivity index (χ1v) is 9.00. The van der Waals surface area contributed by atoms with Gasteiger partial charge in [-0.25, -0.2) is 0 Å². The van der Waals surface area contributed by atoms with Gasteiger partial charge in [0, 0.05) is 12.2 Å². The summed E-state index contributed by atoms with van der Waals surface area (Å²) in [6, 6.07) is 18.2. The van der Waals surface area contributed by atoms with E-state index in [1.54, 1.807) is 7.11 Å². The van der Waals surface area contributed by atoms with Gasteiger partial charge in [-0.1, -0.05) is 43.2 Å². The standard InChI is InChI=1S/C21H26N2O2/c1-25-19-13-11-17(12-14-19)20-10-6-3-7-15-23(20)21(24)16-22-18-8-4-2-5-9-18/h2,4-5,8-9,11-14,20,22H,3,6-7,10,15-16H2,1H3. The van der Waals surface area contributed by atoms with Gasteiger partial charge < -0.3 is 15.0 Å². The summed E-state index contributed by atoms with van der Waals surface area (Å²) < 4.78 is 5.25. The lowest BCUT2D eigenvalue weighted by Gasteiger charge is -2.31. The fourth-order valence-corrected chi connectivity index (χ4v) is 3.41. The quantitative estimate of drug-likeness (QED) is 0.886. The molecule has 1 unspecified atom stereocenters. The van der Waals surface area contributed by atoms with Gasteiger partial charge in [0.25, 0.3) is 0 Å². The first kappa shape index (κ1) is 17.3. The number of amides is 1. The van der Waals surface area contributed by atoms with E-state index in [9.17, 15) is 4.79 Å². The van der Waals surface area contributed by atoms with Crippen molar-refractivity contribution in [3.05, 3.63) is 60.2 Å². The molecular weight excluding hydrogens is 312 g/mol. The first-order valence-electron chi connectivity index (χ1n) is 9.00. The van der Waals surface area contributed by atoms with Crippen LogP contribution in [0.4, 0.5) is 5.69 Å². The van der Waals surface area contributed by atoms with Gasteiger partial charge in [-0.3, -0.25) is 4.79 Å². The van der Waals surface area contributed by atoms with Gasteiger partial charge in [0.05, 0.1) is 19.7 Å². The van der Waals surface area contributed by atoms with Crippen molar-refractivity contribution in [2.24, 2.45) is 0 Å². The van der Waals surface area contributed by atoms with Crippen LogP contribution in [0, 0.1) is 0 Å². The second-order valence-corrected chi connectivity index (χ2v) is 6.45. The first-order chi connectivity index (χ1) is 12.3. The highest BCUT2D eigenvalue weighted by Gasteiger charge is 2.26. The van der Waals surface area contributed by atoms with Crippen molar-refractivity contribution in [3.8, 4) is 5.75 Å². The largest absolute Gasteiger partial charge is 0.497 e. The summed E-state index contributed by atoms with van der Waals surface area (Å²) in [5, 5.41) is 3.24. The fourth-order valence-electron chi connectivity index (χ4n) is 3.41. The zero-order valence-corrected chi connectivity index (χ0v) is 14.8. The van der Waals surface area contributed by atoms with Crippen LogP contribution in [0.2, 0.25) is 0 Å². The van der Waals surface area contributed by atoms with E-state index in [0.29, 0.717) is 6.54 Å². The second-order valence-electron chi connectivity index (χ2n) is 6.45. The third-order valence-electron chi connectivity index (χ3n) is 4.79. The van der Waals surface area contributed by atoms with Gasteiger partial charge in [-0.15, -0.1) is 0 Å². The normalized spacial score (nSPS) is 17.6. The topological polar surface area (TPSA) is 41.6 Å². The van der Waals surface area contributed by atoms with Crippen molar-refractivity contribution in [2.45, 2.75) is 31.7 Å². The summed E-state index contributed by atoms with van der Waals surface area (Å²) in [4.78, 5) is 14.9. The summed E-state index contributed by atoms with van der Waals surface area (Å²) in [6.45, 7) is 1.16. The van der Waals surface area contributed by atoms with E-state index in [-0.39, 0.29) is 11.9 Å². The van der Waals surface area contributed by atoms with Gasteiger partial charge in [-0.2, -0.15) is 0 Å². The molecule has 1 amide bonds. The van der Waals surface area contributed by atoms with Crippen LogP contribution in [-0.2, 0) is 4.79 Å². The third-order valence-corrected chi connectivity index (χ3v) is 4.79. The number of rotatable bonds is 5. The molecule has 1 N–H and O–H groups in total. The highest BCUT2D eigenvalue weighted by atomic mass is 16.5. The average Bonchev–Trinajstić information content (AvgIpc) is 2.93. The minimum absolute atomic E-state index is 0.151. The van der Waals surface area contributed by atoms with E-state index >= 15 is 0 Å².